The number of halogens is 4. The molecule has 5 rings (SSSR count). The third-order valence-electron chi connectivity index (χ3n) is 7.02. The number of pyridine rings is 1. The van der Waals surface area contributed by atoms with Crippen molar-refractivity contribution in [3.63, 3.8) is 0 Å². The summed E-state index contributed by atoms with van der Waals surface area (Å²) in [6.07, 6.45) is 1.14. The Labute approximate surface area is 206 Å². The van der Waals surface area contributed by atoms with Gasteiger partial charge in [-0.2, -0.15) is 13.2 Å². The highest BCUT2D eigenvalue weighted by molar-refractivity contribution is 6.32. The van der Waals surface area contributed by atoms with Crippen LogP contribution in [0.4, 0.5) is 19.1 Å². The van der Waals surface area contributed by atoms with E-state index in [9.17, 15) is 18.0 Å². The Morgan fingerprint density at radius 1 is 1.09 bits per heavy atom. The first-order valence-corrected chi connectivity index (χ1v) is 12.4. The fourth-order valence-corrected chi connectivity index (χ4v) is 5.22. The summed E-state index contributed by atoms with van der Waals surface area (Å²) >= 11 is 6.37. The fourth-order valence-electron chi connectivity index (χ4n) is 5.06. The van der Waals surface area contributed by atoms with Crippen molar-refractivity contribution in [2.45, 2.75) is 57.7 Å². The van der Waals surface area contributed by atoms with E-state index in [1.165, 1.54) is 12.1 Å². The van der Waals surface area contributed by atoms with Crippen LogP contribution in [0.3, 0.4) is 0 Å². The van der Waals surface area contributed by atoms with Gasteiger partial charge in [0.15, 0.2) is 0 Å². The van der Waals surface area contributed by atoms with E-state index in [0.29, 0.717) is 47.9 Å². The number of alkyl halides is 3. The maximum absolute atomic E-state index is 13.4. The number of piperidine rings is 1. The van der Waals surface area contributed by atoms with Crippen LogP contribution in [0.2, 0.25) is 5.02 Å². The Morgan fingerprint density at radius 2 is 1.80 bits per heavy atom. The maximum Gasteiger partial charge on any atom is 0.433 e. The molecule has 1 aliphatic heterocycles. The Balaban J connectivity index is 1.46. The highest BCUT2D eigenvalue weighted by atomic mass is 35.5. The molecule has 1 amide bonds. The number of aromatic nitrogens is 3. The Morgan fingerprint density at radius 3 is 2.49 bits per heavy atom. The van der Waals surface area contributed by atoms with Gasteiger partial charge in [-0.3, -0.25) is 9.36 Å². The number of rotatable bonds is 4. The summed E-state index contributed by atoms with van der Waals surface area (Å²) in [4.78, 5) is 23.4. The lowest BCUT2D eigenvalue weighted by atomic mass is 9.95. The van der Waals surface area contributed by atoms with Crippen molar-refractivity contribution in [2.24, 2.45) is 5.92 Å². The van der Waals surface area contributed by atoms with Crippen molar-refractivity contribution in [1.82, 2.24) is 19.9 Å². The van der Waals surface area contributed by atoms with Crippen molar-refractivity contribution in [3.05, 3.63) is 46.6 Å². The van der Waals surface area contributed by atoms with Crippen molar-refractivity contribution in [1.29, 1.82) is 0 Å². The van der Waals surface area contributed by atoms with Gasteiger partial charge >= 0.3 is 6.18 Å². The molecule has 0 spiro atoms. The highest BCUT2D eigenvalue weighted by Crippen LogP contribution is 2.34. The largest absolute Gasteiger partial charge is 0.433 e. The molecule has 0 bridgehead atoms. The van der Waals surface area contributed by atoms with Gasteiger partial charge in [0, 0.05) is 30.1 Å². The zero-order valence-electron chi connectivity index (χ0n) is 19.4. The van der Waals surface area contributed by atoms with Gasteiger partial charge in [-0.05, 0) is 62.4 Å². The number of amides is 1. The summed E-state index contributed by atoms with van der Waals surface area (Å²) in [5.41, 5.74) is 1.07. The maximum atomic E-state index is 13.4. The van der Waals surface area contributed by atoms with Crippen LogP contribution in [0.1, 0.15) is 49.8 Å². The van der Waals surface area contributed by atoms with E-state index in [-0.39, 0.29) is 23.7 Å². The minimum absolute atomic E-state index is 0.0759. The summed E-state index contributed by atoms with van der Waals surface area (Å²) in [5, 5.41) is 3.68. The zero-order chi connectivity index (χ0) is 24.7. The van der Waals surface area contributed by atoms with E-state index in [1.54, 1.807) is 10.6 Å². The molecule has 1 saturated carbocycles. The van der Waals surface area contributed by atoms with Crippen LogP contribution in [0.5, 0.6) is 0 Å². The second kappa shape index (κ2) is 9.33. The summed E-state index contributed by atoms with van der Waals surface area (Å²) in [6.45, 7) is 2.99. The van der Waals surface area contributed by atoms with Crippen LogP contribution in [-0.2, 0) is 11.0 Å². The molecule has 1 N–H and O–H groups in total. The van der Waals surface area contributed by atoms with Crippen LogP contribution in [-0.4, -0.2) is 39.6 Å². The Hall–Kier alpha value is -2.81. The number of nitrogens with one attached hydrogen (secondary N) is 1. The van der Waals surface area contributed by atoms with E-state index in [0.717, 1.165) is 37.3 Å². The molecule has 1 saturated heterocycles. The Bertz CT molecular complexity index is 1240. The number of imidazole rings is 1. The first-order chi connectivity index (χ1) is 16.7. The number of carbonyl (C=O) groups is 1. The number of carbonyl (C=O) groups excluding carboxylic acids is 1. The van der Waals surface area contributed by atoms with Gasteiger partial charge in [-0.15, -0.1) is 0 Å². The molecule has 1 aromatic carbocycles. The molecule has 2 aliphatic rings. The molecule has 0 radical (unpaired) electrons. The van der Waals surface area contributed by atoms with Gasteiger partial charge in [0.25, 0.3) is 0 Å². The fraction of sp³-hybridized carbons (Fsp3) is 0.480. The van der Waals surface area contributed by atoms with Gasteiger partial charge in [0.2, 0.25) is 11.9 Å². The molecule has 2 fully saturated rings. The molecule has 10 heteroatoms. The van der Waals surface area contributed by atoms with Crippen LogP contribution in [0.25, 0.3) is 16.9 Å². The van der Waals surface area contributed by atoms with E-state index in [2.05, 4.69) is 10.3 Å². The summed E-state index contributed by atoms with van der Waals surface area (Å²) in [5.74, 6) is 0.654. The average molecular weight is 506 g/mol. The van der Waals surface area contributed by atoms with Crippen LogP contribution in [0, 0.1) is 12.8 Å². The molecule has 186 valence electrons. The molecular weight excluding hydrogens is 479 g/mol. The number of hydrogen-bond acceptors (Lipinski definition) is 4. The van der Waals surface area contributed by atoms with Crippen molar-refractivity contribution in [3.8, 4) is 5.82 Å². The lowest BCUT2D eigenvalue weighted by molar-refractivity contribution is -0.141. The van der Waals surface area contributed by atoms with Gasteiger partial charge < -0.3 is 10.2 Å². The van der Waals surface area contributed by atoms with Gasteiger partial charge in [-0.25, -0.2) is 9.97 Å². The first kappa shape index (κ1) is 23.9. The summed E-state index contributed by atoms with van der Waals surface area (Å²) in [6, 6.07) is 7.66. The normalized spacial score (nSPS) is 17.9. The van der Waals surface area contributed by atoms with Gasteiger partial charge in [-0.1, -0.05) is 30.5 Å². The molecule has 1 aliphatic carbocycles. The molecule has 35 heavy (non-hydrogen) atoms. The summed E-state index contributed by atoms with van der Waals surface area (Å²) < 4.78 is 41.8. The monoisotopic (exact) mass is 505 g/mol. The lowest BCUT2D eigenvalue weighted by Gasteiger charge is -2.32. The number of aryl methyl sites for hydroxylation is 1. The average Bonchev–Trinajstić information content (AvgIpc) is 3.47. The molecular formula is C25H27ClF3N5O. The van der Waals surface area contributed by atoms with Crippen molar-refractivity contribution in [2.75, 3.05) is 18.0 Å². The zero-order valence-corrected chi connectivity index (χ0v) is 20.2. The second-order valence-electron chi connectivity index (χ2n) is 9.47. The van der Waals surface area contributed by atoms with E-state index in [4.69, 9.17) is 16.6 Å². The van der Waals surface area contributed by atoms with Crippen molar-refractivity contribution < 1.29 is 18.0 Å². The van der Waals surface area contributed by atoms with Crippen LogP contribution < -0.4 is 10.2 Å². The molecule has 3 heterocycles. The number of anilines is 1. The Kier molecular flexibility index (Phi) is 6.38. The lowest BCUT2D eigenvalue weighted by Crippen LogP contribution is -2.43. The number of hydrogen-bond donors (Lipinski definition) is 1. The standard InChI is InChI=1S/C25H27ClF3N5O/c1-15-13-19-20(14-18(15)26)34(22-8-4-7-21(32-22)25(27,28)29)24(31-19)33-11-9-16(10-12-33)23(35)30-17-5-2-3-6-17/h4,7-8,13-14,16-17H,2-3,5-6,9-12H2,1H3,(H,30,35). The number of fused-ring (bicyclic) bond motifs is 1. The van der Waals surface area contributed by atoms with E-state index in [1.807, 2.05) is 17.9 Å². The molecule has 2 aromatic heterocycles. The third-order valence-corrected chi connectivity index (χ3v) is 7.43. The SMILES string of the molecule is Cc1cc2nc(N3CCC(C(=O)NC4CCCC4)CC3)n(-c3cccc(C(F)(F)F)n3)c2cc1Cl. The predicted molar refractivity (Wildman–Crippen MR) is 129 cm³/mol. The van der Waals surface area contributed by atoms with Crippen molar-refractivity contribution >= 4 is 34.5 Å². The predicted octanol–water partition coefficient (Wildman–Crippen LogP) is 5.68. The third kappa shape index (κ3) is 4.83. The summed E-state index contributed by atoms with van der Waals surface area (Å²) in [7, 11) is 0. The molecule has 3 aromatic rings. The topological polar surface area (TPSA) is 63.1 Å². The minimum atomic E-state index is -4.56. The molecule has 0 atom stereocenters. The van der Waals surface area contributed by atoms with Crippen LogP contribution >= 0.6 is 11.6 Å². The minimum Gasteiger partial charge on any atom is -0.353 e. The quantitative estimate of drug-likeness (QED) is 0.496. The smallest absolute Gasteiger partial charge is 0.353 e. The van der Waals surface area contributed by atoms with Gasteiger partial charge in [0.1, 0.15) is 11.5 Å². The number of nitrogens with zero attached hydrogens (tertiary/aromatic N) is 4. The first-order valence-electron chi connectivity index (χ1n) is 12.0. The molecule has 6 nitrogen and oxygen atoms in total. The van der Waals surface area contributed by atoms with Gasteiger partial charge in [0.05, 0.1) is 11.0 Å². The second-order valence-corrected chi connectivity index (χ2v) is 9.87. The van der Waals surface area contributed by atoms with Crippen LogP contribution in [0.15, 0.2) is 30.3 Å². The number of benzene rings is 1. The van der Waals surface area contributed by atoms with E-state index < -0.39 is 11.9 Å². The highest BCUT2D eigenvalue weighted by Gasteiger charge is 2.34. The van der Waals surface area contributed by atoms with E-state index >= 15 is 0 Å². The molecule has 0 unspecified atom stereocenters.